The molecule has 1 heterocycles. The molecule has 2 amide bonds. The predicted octanol–water partition coefficient (Wildman–Crippen LogP) is 2.55. The number of nitrogens with one attached hydrogen (secondary N) is 1. The van der Waals surface area contributed by atoms with Gasteiger partial charge < -0.3 is 15.0 Å². The standard InChI is InChI=1S/C14H19N3O4/c1-3-12-9-16(6-7-21-12)14(18)15-11-5-4-10(2)13(8-11)17(19)20/h4-5,8,12H,3,6-7,9H2,1-2H3,(H,15,18)/t12-/m0/s1. The molecule has 1 aromatic rings. The molecule has 1 aliphatic rings. The SMILES string of the molecule is CC[C@H]1CN(C(=O)Nc2ccc(C)c([N+](=O)[O-])c2)CCO1. The monoisotopic (exact) mass is 293 g/mol. The van der Waals surface area contributed by atoms with Crippen LogP contribution in [0.2, 0.25) is 0 Å². The van der Waals surface area contributed by atoms with Crippen LogP contribution >= 0.6 is 0 Å². The van der Waals surface area contributed by atoms with Gasteiger partial charge in [-0.3, -0.25) is 10.1 Å². The summed E-state index contributed by atoms with van der Waals surface area (Å²) in [6.45, 7) is 5.25. The first-order valence-electron chi connectivity index (χ1n) is 6.93. The summed E-state index contributed by atoms with van der Waals surface area (Å²) < 4.78 is 5.51. The number of amides is 2. The molecule has 0 aliphatic carbocycles. The predicted molar refractivity (Wildman–Crippen MR) is 78.5 cm³/mol. The topological polar surface area (TPSA) is 84.7 Å². The van der Waals surface area contributed by atoms with Crippen molar-refractivity contribution in [3.05, 3.63) is 33.9 Å². The lowest BCUT2D eigenvalue weighted by atomic mass is 10.2. The van der Waals surface area contributed by atoms with Gasteiger partial charge in [-0.25, -0.2) is 4.79 Å². The molecule has 1 fully saturated rings. The van der Waals surface area contributed by atoms with Crippen LogP contribution in [0.3, 0.4) is 0 Å². The molecule has 1 N–H and O–H groups in total. The summed E-state index contributed by atoms with van der Waals surface area (Å²) in [7, 11) is 0. The summed E-state index contributed by atoms with van der Waals surface area (Å²) in [5.41, 5.74) is 0.994. The van der Waals surface area contributed by atoms with Gasteiger partial charge in [-0.1, -0.05) is 13.0 Å². The lowest BCUT2D eigenvalue weighted by Crippen LogP contribution is -2.47. The van der Waals surface area contributed by atoms with Crippen LogP contribution in [0.25, 0.3) is 0 Å². The Morgan fingerprint density at radius 1 is 1.57 bits per heavy atom. The van der Waals surface area contributed by atoms with E-state index in [0.29, 0.717) is 30.9 Å². The van der Waals surface area contributed by atoms with Crippen LogP contribution in [0.4, 0.5) is 16.2 Å². The largest absolute Gasteiger partial charge is 0.375 e. The highest BCUT2D eigenvalue weighted by Gasteiger charge is 2.23. The molecule has 21 heavy (non-hydrogen) atoms. The second-order valence-corrected chi connectivity index (χ2v) is 5.04. The van der Waals surface area contributed by atoms with E-state index in [4.69, 9.17) is 4.74 Å². The molecular weight excluding hydrogens is 274 g/mol. The van der Waals surface area contributed by atoms with E-state index in [2.05, 4.69) is 5.32 Å². The molecule has 0 aromatic heterocycles. The minimum atomic E-state index is -0.452. The maximum absolute atomic E-state index is 12.2. The van der Waals surface area contributed by atoms with E-state index >= 15 is 0 Å². The van der Waals surface area contributed by atoms with E-state index in [-0.39, 0.29) is 17.8 Å². The molecule has 1 saturated heterocycles. The summed E-state index contributed by atoms with van der Waals surface area (Å²) in [5.74, 6) is 0. The second kappa shape index (κ2) is 6.53. The van der Waals surface area contributed by atoms with Crippen molar-refractivity contribution in [2.45, 2.75) is 26.4 Å². The number of urea groups is 1. The van der Waals surface area contributed by atoms with Crippen molar-refractivity contribution in [3.8, 4) is 0 Å². The number of nitro benzene ring substituents is 1. The highest BCUT2D eigenvalue weighted by molar-refractivity contribution is 5.89. The van der Waals surface area contributed by atoms with Crippen molar-refractivity contribution in [3.63, 3.8) is 0 Å². The number of nitrogens with zero attached hydrogens (tertiary/aromatic N) is 2. The summed E-state index contributed by atoms with van der Waals surface area (Å²) in [6, 6.07) is 4.42. The van der Waals surface area contributed by atoms with Crippen LogP contribution in [0, 0.1) is 17.0 Å². The molecule has 1 aromatic carbocycles. The van der Waals surface area contributed by atoms with E-state index in [1.165, 1.54) is 6.07 Å². The number of hydrogen-bond donors (Lipinski definition) is 1. The number of hydrogen-bond acceptors (Lipinski definition) is 4. The minimum absolute atomic E-state index is 0.00112. The van der Waals surface area contributed by atoms with Crippen molar-refractivity contribution in [1.29, 1.82) is 0 Å². The smallest absolute Gasteiger partial charge is 0.322 e. The molecule has 0 unspecified atom stereocenters. The van der Waals surface area contributed by atoms with Gasteiger partial charge in [-0.2, -0.15) is 0 Å². The van der Waals surface area contributed by atoms with Crippen LogP contribution in [-0.4, -0.2) is 41.7 Å². The van der Waals surface area contributed by atoms with E-state index in [0.717, 1.165) is 6.42 Å². The number of carbonyl (C=O) groups excluding carboxylic acids is 1. The molecule has 2 rings (SSSR count). The highest BCUT2D eigenvalue weighted by Crippen LogP contribution is 2.22. The van der Waals surface area contributed by atoms with Crippen molar-refractivity contribution >= 4 is 17.4 Å². The molecule has 114 valence electrons. The van der Waals surface area contributed by atoms with Crippen LogP contribution < -0.4 is 5.32 Å². The number of anilines is 1. The summed E-state index contributed by atoms with van der Waals surface area (Å²) in [4.78, 5) is 24.3. The highest BCUT2D eigenvalue weighted by atomic mass is 16.6. The van der Waals surface area contributed by atoms with Crippen molar-refractivity contribution in [2.24, 2.45) is 0 Å². The molecule has 0 spiro atoms. The zero-order valence-corrected chi connectivity index (χ0v) is 12.2. The Labute approximate surface area is 123 Å². The third kappa shape index (κ3) is 3.69. The molecule has 7 heteroatoms. The van der Waals surface area contributed by atoms with Gasteiger partial charge >= 0.3 is 6.03 Å². The third-order valence-corrected chi connectivity index (χ3v) is 3.54. The fourth-order valence-electron chi connectivity index (χ4n) is 2.24. The number of rotatable bonds is 3. The van der Waals surface area contributed by atoms with Crippen LogP contribution in [0.5, 0.6) is 0 Å². The normalized spacial score (nSPS) is 18.4. The molecule has 1 atom stereocenters. The molecule has 0 bridgehead atoms. The number of nitro groups is 1. The van der Waals surface area contributed by atoms with E-state index in [1.807, 2.05) is 6.92 Å². The van der Waals surface area contributed by atoms with Gasteiger partial charge in [-0.15, -0.1) is 0 Å². The third-order valence-electron chi connectivity index (χ3n) is 3.54. The lowest BCUT2D eigenvalue weighted by Gasteiger charge is -2.32. The molecule has 0 saturated carbocycles. The Balaban J connectivity index is 2.05. The molecule has 0 radical (unpaired) electrons. The maximum atomic E-state index is 12.2. The van der Waals surface area contributed by atoms with Gasteiger partial charge in [-0.05, 0) is 19.4 Å². The Morgan fingerprint density at radius 3 is 3.00 bits per heavy atom. The zero-order valence-electron chi connectivity index (χ0n) is 12.2. The molecular formula is C14H19N3O4. The van der Waals surface area contributed by atoms with Gasteiger partial charge in [0.1, 0.15) is 0 Å². The van der Waals surface area contributed by atoms with Crippen molar-refractivity contribution < 1.29 is 14.5 Å². The van der Waals surface area contributed by atoms with E-state index in [1.54, 1.807) is 24.0 Å². The first-order valence-corrected chi connectivity index (χ1v) is 6.93. The molecule has 1 aliphatic heterocycles. The Bertz CT molecular complexity index is 547. The van der Waals surface area contributed by atoms with Crippen LogP contribution in [0.1, 0.15) is 18.9 Å². The van der Waals surface area contributed by atoms with Crippen molar-refractivity contribution in [1.82, 2.24) is 4.90 Å². The Hall–Kier alpha value is -2.15. The van der Waals surface area contributed by atoms with Gasteiger partial charge in [0.05, 0.1) is 17.6 Å². The quantitative estimate of drug-likeness (QED) is 0.685. The van der Waals surface area contributed by atoms with Crippen LogP contribution in [0.15, 0.2) is 18.2 Å². The number of morpholine rings is 1. The first-order chi connectivity index (χ1) is 10.0. The Morgan fingerprint density at radius 2 is 2.33 bits per heavy atom. The first kappa shape index (κ1) is 15.2. The van der Waals surface area contributed by atoms with Gasteiger partial charge in [0.25, 0.3) is 5.69 Å². The summed E-state index contributed by atoms with van der Waals surface area (Å²) >= 11 is 0. The van der Waals surface area contributed by atoms with Gasteiger partial charge in [0, 0.05) is 30.4 Å². The maximum Gasteiger partial charge on any atom is 0.322 e. The summed E-state index contributed by atoms with van der Waals surface area (Å²) in [5, 5.41) is 13.6. The van der Waals surface area contributed by atoms with E-state index < -0.39 is 4.92 Å². The average molecular weight is 293 g/mol. The van der Waals surface area contributed by atoms with E-state index in [9.17, 15) is 14.9 Å². The number of carbonyl (C=O) groups is 1. The molecule has 7 nitrogen and oxygen atoms in total. The van der Waals surface area contributed by atoms with Gasteiger partial charge in [0.15, 0.2) is 0 Å². The fourth-order valence-corrected chi connectivity index (χ4v) is 2.24. The zero-order chi connectivity index (χ0) is 15.4. The average Bonchev–Trinajstić information content (AvgIpc) is 2.49. The number of ether oxygens (including phenoxy) is 1. The fraction of sp³-hybridized carbons (Fsp3) is 0.500. The second-order valence-electron chi connectivity index (χ2n) is 5.04. The summed E-state index contributed by atoms with van der Waals surface area (Å²) in [6.07, 6.45) is 0.900. The van der Waals surface area contributed by atoms with Gasteiger partial charge in [0.2, 0.25) is 0 Å². The number of aryl methyl sites for hydroxylation is 1. The van der Waals surface area contributed by atoms with Crippen molar-refractivity contribution in [2.75, 3.05) is 25.0 Å². The van der Waals surface area contributed by atoms with Crippen LogP contribution in [-0.2, 0) is 4.74 Å². The lowest BCUT2D eigenvalue weighted by molar-refractivity contribution is -0.385. The Kier molecular flexibility index (Phi) is 4.74. The minimum Gasteiger partial charge on any atom is -0.375 e. The number of benzene rings is 1.